The van der Waals surface area contributed by atoms with Gasteiger partial charge in [-0.15, -0.1) is 0 Å². The van der Waals surface area contributed by atoms with Crippen LogP contribution in [0.5, 0.6) is 0 Å². The standard InChI is InChI=1S/C21H20N2O3S/c1-16-7-9-20(10-8-16)27(25,26)23-14-18-11-21(24)22(13-19(18)15-23)12-17-5-3-2-4-6-17/h2-11,13H,12,14-15H2,1H3. The molecule has 0 saturated carbocycles. The van der Waals surface area contributed by atoms with Crippen molar-refractivity contribution in [3.8, 4) is 0 Å². The number of sulfonamides is 1. The van der Waals surface area contributed by atoms with Gasteiger partial charge in [0.25, 0.3) is 5.56 Å². The third kappa shape index (κ3) is 3.46. The second kappa shape index (κ2) is 6.79. The van der Waals surface area contributed by atoms with Crippen LogP contribution in [0.1, 0.15) is 22.3 Å². The van der Waals surface area contributed by atoms with Crippen LogP contribution in [0.25, 0.3) is 0 Å². The van der Waals surface area contributed by atoms with Crippen molar-refractivity contribution in [2.45, 2.75) is 31.5 Å². The molecule has 0 unspecified atom stereocenters. The molecule has 5 nitrogen and oxygen atoms in total. The minimum Gasteiger partial charge on any atom is -0.311 e. The maximum atomic E-state index is 12.9. The molecule has 0 aliphatic carbocycles. The summed E-state index contributed by atoms with van der Waals surface area (Å²) in [7, 11) is -3.59. The molecular weight excluding hydrogens is 360 g/mol. The Morgan fingerprint density at radius 3 is 2.30 bits per heavy atom. The van der Waals surface area contributed by atoms with Gasteiger partial charge in [-0.2, -0.15) is 4.31 Å². The van der Waals surface area contributed by atoms with E-state index in [1.165, 1.54) is 4.31 Å². The van der Waals surface area contributed by atoms with E-state index in [-0.39, 0.29) is 23.5 Å². The fraction of sp³-hybridized carbons (Fsp3) is 0.190. The van der Waals surface area contributed by atoms with E-state index >= 15 is 0 Å². The summed E-state index contributed by atoms with van der Waals surface area (Å²) in [4.78, 5) is 12.7. The number of rotatable bonds is 4. The van der Waals surface area contributed by atoms with Crippen molar-refractivity contribution in [1.29, 1.82) is 0 Å². The average Bonchev–Trinajstić information content (AvgIpc) is 3.07. The van der Waals surface area contributed by atoms with Gasteiger partial charge in [-0.05, 0) is 35.7 Å². The minimum absolute atomic E-state index is 0.118. The van der Waals surface area contributed by atoms with E-state index < -0.39 is 10.0 Å². The average molecular weight is 380 g/mol. The summed E-state index contributed by atoms with van der Waals surface area (Å²) in [5.41, 5.74) is 3.58. The van der Waals surface area contributed by atoms with Crippen molar-refractivity contribution in [3.05, 3.63) is 99.5 Å². The Balaban J connectivity index is 1.62. The van der Waals surface area contributed by atoms with Gasteiger partial charge in [0.05, 0.1) is 11.4 Å². The molecule has 0 radical (unpaired) electrons. The molecule has 2 heterocycles. The van der Waals surface area contributed by atoms with Gasteiger partial charge in [-0.3, -0.25) is 4.79 Å². The molecule has 27 heavy (non-hydrogen) atoms. The smallest absolute Gasteiger partial charge is 0.251 e. The highest BCUT2D eigenvalue weighted by molar-refractivity contribution is 7.89. The van der Waals surface area contributed by atoms with Gasteiger partial charge < -0.3 is 4.57 Å². The number of fused-ring (bicyclic) bond motifs is 1. The second-order valence-electron chi connectivity index (χ2n) is 6.86. The lowest BCUT2D eigenvalue weighted by Crippen LogP contribution is -2.25. The summed E-state index contributed by atoms with van der Waals surface area (Å²) in [6.45, 7) is 2.90. The molecule has 0 amide bonds. The molecule has 1 aliphatic rings. The largest absolute Gasteiger partial charge is 0.311 e. The van der Waals surface area contributed by atoms with Crippen LogP contribution in [-0.4, -0.2) is 17.3 Å². The number of nitrogens with zero attached hydrogens (tertiary/aromatic N) is 2. The zero-order valence-electron chi connectivity index (χ0n) is 15.0. The summed E-state index contributed by atoms with van der Waals surface area (Å²) in [6.07, 6.45) is 1.79. The van der Waals surface area contributed by atoms with Gasteiger partial charge >= 0.3 is 0 Å². The van der Waals surface area contributed by atoms with Crippen molar-refractivity contribution < 1.29 is 8.42 Å². The first-order valence-corrected chi connectivity index (χ1v) is 10.2. The predicted molar refractivity (Wildman–Crippen MR) is 104 cm³/mol. The molecule has 2 aromatic carbocycles. The lowest BCUT2D eigenvalue weighted by atomic mass is 10.1. The molecule has 138 valence electrons. The first kappa shape index (κ1) is 17.7. The van der Waals surface area contributed by atoms with Crippen LogP contribution in [-0.2, 0) is 29.7 Å². The summed E-state index contributed by atoms with van der Waals surface area (Å²) in [5.74, 6) is 0. The van der Waals surface area contributed by atoms with E-state index in [9.17, 15) is 13.2 Å². The topological polar surface area (TPSA) is 59.4 Å². The second-order valence-corrected chi connectivity index (χ2v) is 8.80. The number of pyridine rings is 1. The maximum Gasteiger partial charge on any atom is 0.251 e. The van der Waals surface area contributed by atoms with Crippen LogP contribution >= 0.6 is 0 Å². The lowest BCUT2D eigenvalue weighted by molar-refractivity contribution is 0.431. The highest BCUT2D eigenvalue weighted by Crippen LogP contribution is 2.28. The molecule has 0 fully saturated rings. The Kier molecular flexibility index (Phi) is 4.45. The fourth-order valence-corrected chi connectivity index (χ4v) is 4.71. The van der Waals surface area contributed by atoms with E-state index in [0.717, 1.165) is 22.3 Å². The Labute approximate surface area is 158 Å². The highest BCUT2D eigenvalue weighted by Gasteiger charge is 2.31. The van der Waals surface area contributed by atoms with Crippen LogP contribution in [0.2, 0.25) is 0 Å². The Morgan fingerprint density at radius 1 is 0.926 bits per heavy atom. The molecule has 6 heteroatoms. The van der Waals surface area contributed by atoms with Crippen molar-refractivity contribution in [1.82, 2.24) is 8.87 Å². The van der Waals surface area contributed by atoms with Crippen LogP contribution in [0, 0.1) is 6.92 Å². The molecule has 0 atom stereocenters. The van der Waals surface area contributed by atoms with Crippen molar-refractivity contribution in [2.24, 2.45) is 0 Å². The van der Waals surface area contributed by atoms with Crippen LogP contribution in [0.3, 0.4) is 0 Å². The van der Waals surface area contributed by atoms with Gasteiger partial charge in [0.1, 0.15) is 0 Å². The number of aromatic nitrogens is 1. The van der Waals surface area contributed by atoms with Crippen LogP contribution < -0.4 is 5.56 Å². The monoisotopic (exact) mass is 380 g/mol. The van der Waals surface area contributed by atoms with Crippen molar-refractivity contribution in [2.75, 3.05) is 0 Å². The molecule has 3 aromatic rings. The Morgan fingerprint density at radius 2 is 1.59 bits per heavy atom. The summed E-state index contributed by atoms with van der Waals surface area (Å²) >= 11 is 0. The third-order valence-electron chi connectivity index (χ3n) is 4.85. The molecule has 0 bridgehead atoms. The predicted octanol–water partition coefficient (Wildman–Crippen LogP) is 2.91. The number of aryl methyl sites for hydroxylation is 1. The zero-order chi connectivity index (χ0) is 19.0. The maximum absolute atomic E-state index is 12.9. The Hall–Kier alpha value is -2.70. The van der Waals surface area contributed by atoms with Crippen molar-refractivity contribution >= 4 is 10.0 Å². The molecule has 0 spiro atoms. The summed E-state index contributed by atoms with van der Waals surface area (Å²) < 4.78 is 28.9. The van der Waals surface area contributed by atoms with Gasteiger partial charge in [0.2, 0.25) is 10.0 Å². The molecule has 1 aliphatic heterocycles. The molecule has 4 rings (SSSR count). The van der Waals surface area contributed by atoms with Gasteiger partial charge in [0, 0.05) is 25.4 Å². The number of hydrogen-bond donors (Lipinski definition) is 0. The zero-order valence-corrected chi connectivity index (χ0v) is 15.8. The lowest BCUT2D eigenvalue weighted by Gasteiger charge is -2.15. The SMILES string of the molecule is Cc1ccc(S(=O)(=O)N2Cc3cc(=O)n(Cc4ccccc4)cc3C2)cc1. The van der Waals surface area contributed by atoms with Gasteiger partial charge in [-0.1, -0.05) is 48.0 Å². The highest BCUT2D eigenvalue weighted by atomic mass is 32.2. The molecular formula is C21H20N2O3S. The molecule has 0 saturated heterocycles. The first-order valence-electron chi connectivity index (χ1n) is 8.76. The first-order chi connectivity index (χ1) is 12.9. The quantitative estimate of drug-likeness (QED) is 0.699. The van der Waals surface area contributed by atoms with Crippen LogP contribution in [0.4, 0.5) is 0 Å². The third-order valence-corrected chi connectivity index (χ3v) is 6.66. The molecule has 0 N–H and O–H groups in total. The van der Waals surface area contributed by atoms with E-state index in [2.05, 4.69) is 0 Å². The minimum atomic E-state index is -3.59. The number of hydrogen-bond acceptors (Lipinski definition) is 3. The Bertz CT molecular complexity index is 1130. The van der Waals surface area contributed by atoms with Crippen LogP contribution in [0.15, 0.2) is 76.6 Å². The van der Waals surface area contributed by atoms with E-state index in [1.54, 1.807) is 41.1 Å². The van der Waals surface area contributed by atoms with E-state index in [0.29, 0.717) is 6.54 Å². The molecule has 1 aromatic heterocycles. The van der Waals surface area contributed by atoms with Gasteiger partial charge in [0.15, 0.2) is 0 Å². The summed E-state index contributed by atoms with van der Waals surface area (Å²) in [5, 5.41) is 0. The normalized spacial score (nSPS) is 14.3. The van der Waals surface area contributed by atoms with Gasteiger partial charge in [-0.25, -0.2) is 8.42 Å². The van der Waals surface area contributed by atoms with E-state index in [1.807, 2.05) is 37.3 Å². The van der Waals surface area contributed by atoms with E-state index in [4.69, 9.17) is 0 Å². The van der Waals surface area contributed by atoms with Crippen molar-refractivity contribution in [3.63, 3.8) is 0 Å². The summed E-state index contributed by atoms with van der Waals surface area (Å²) in [6, 6.07) is 18.1. The number of benzene rings is 2. The fourth-order valence-electron chi connectivity index (χ4n) is 3.32.